The Labute approximate surface area is 387 Å². The van der Waals surface area contributed by atoms with Crippen LogP contribution in [-0.4, -0.2) is 93.1 Å². The molecule has 1 saturated carbocycles. The van der Waals surface area contributed by atoms with Crippen molar-refractivity contribution in [1.29, 1.82) is 0 Å². The monoisotopic (exact) mass is 896 g/mol. The minimum atomic E-state index is -0.689. The molecule has 0 radical (unpaired) electrons. The normalized spacial score (nSPS) is 19.9. The van der Waals surface area contributed by atoms with E-state index in [0.717, 1.165) is 77.9 Å². The van der Waals surface area contributed by atoms with E-state index in [2.05, 4.69) is 69.1 Å². The van der Waals surface area contributed by atoms with Crippen molar-refractivity contribution in [3.8, 4) is 33.6 Å². The number of benzene rings is 3. The first-order valence-electron chi connectivity index (χ1n) is 24.0. The van der Waals surface area contributed by atoms with Crippen LogP contribution in [0.5, 0.6) is 0 Å². The van der Waals surface area contributed by atoms with Crippen molar-refractivity contribution in [2.24, 2.45) is 17.3 Å². The van der Waals surface area contributed by atoms with Crippen molar-refractivity contribution in [3.63, 3.8) is 0 Å². The predicted molar refractivity (Wildman–Crippen MR) is 253 cm³/mol. The molecular weight excluding hydrogens is 833 g/mol. The topological polar surface area (TPSA) is 175 Å². The van der Waals surface area contributed by atoms with Gasteiger partial charge in [-0.1, -0.05) is 83.4 Å². The number of likely N-dealkylation sites (tertiary alicyclic amines) is 2. The van der Waals surface area contributed by atoms with E-state index in [1.54, 1.807) is 0 Å². The highest BCUT2D eigenvalue weighted by atomic mass is 16.5. The molecule has 14 heteroatoms. The number of alkyl carbamates (subject to hydrolysis) is 2. The van der Waals surface area contributed by atoms with E-state index in [1.807, 2.05) is 49.9 Å². The third kappa shape index (κ3) is 8.66. The van der Waals surface area contributed by atoms with Gasteiger partial charge in [0.15, 0.2) is 0 Å². The van der Waals surface area contributed by atoms with E-state index >= 15 is 0 Å². The Morgan fingerprint density at radius 2 is 1.12 bits per heavy atom. The summed E-state index contributed by atoms with van der Waals surface area (Å²) < 4.78 is 9.65. The summed E-state index contributed by atoms with van der Waals surface area (Å²) in [5.74, 6) is 1.07. The fourth-order valence-corrected chi connectivity index (χ4v) is 11.3. The second-order valence-corrected chi connectivity index (χ2v) is 19.8. The van der Waals surface area contributed by atoms with E-state index < -0.39 is 24.3 Å². The summed E-state index contributed by atoms with van der Waals surface area (Å²) in [6.07, 6.45) is 14.3. The van der Waals surface area contributed by atoms with Crippen LogP contribution >= 0.6 is 0 Å². The third-order valence-corrected chi connectivity index (χ3v) is 14.9. The number of ether oxygens (including phenoxy) is 2. The lowest BCUT2D eigenvalue weighted by atomic mass is 9.72. The summed E-state index contributed by atoms with van der Waals surface area (Å²) in [5, 5.41) is 7.76. The molecule has 348 valence electrons. The highest BCUT2D eigenvalue weighted by Gasteiger charge is 2.42. The zero-order chi connectivity index (χ0) is 46.3. The van der Waals surface area contributed by atoms with Gasteiger partial charge in [-0.15, -0.1) is 0 Å². The molecule has 14 nitrogen and oxygen atoms in total. The molecule has 5 aromatic rings. The van der Waals surface area contributed by atoms with Gasteiger partial charge in [-0.2, -0.15) is 0 Å². The van der Waals surface area contributed by atoms with Crippen LogP contribution in [0.1, 0.15) is 120 Å². The number of rotatable bonds is 11. The average molecular weight is 897 g/mol. The van der Waals surface area contributed by atoms with Crippen molar-refractivity contribution in [2.75, 3.05) is 27.3 Å². The molecule has 3 aromatic carbocycles. The van der Waals surface area contributed by atoms with Gasteiger partial charge in [0.1, 0.15) is 23.7 Å². The molecular formula is C52H64N8O6. The zero-order valence-corrected chi connectivity index (χ0v) is 39.2. The van der Waals surface area contributed by atoms with Gasteiger partial charge in [0.25, 0.3) is 0 Å². The maximum atomic E-state index is 13.9. The maximum absolute atomic E-state index is 13.9. The van der Waals surface area contributed by atoms with Gasteiger partial charge in [-0.05, 0) is 114 Å². The molecule has 2 aliphatic heterocycles. The number of aromatic nitrogens is 4. The van der Waals surface area contributed by atoms with Crippen LogP contribution in [-0.2, 0) is 31.9 Å². The Morgan fingerprint density at radius 3 is 1.67 bits per heavy atom. The second kappa shape index (κ2) is 18.6. The van der Waals surface area contributed by atoms with Gasteiger partial charge < -0.3 is 39.9 Å². The van der Waals surface area contributed by atoms with Gasteiger partial charge in [-0.25, -0.2) is 19.6 Å². The quantitative estimate of drug-likeness (QED) is 0.101. The molecule has 2 saturated heterocycles. The highest BCUT2D eigenvalue weighted by molar-refractivity contribution is 5.92. The van der Waals surface area contributed by atoms with E-state index in [9.17, 15) is 19.2 Å². The Bertz CT molecular complexity index is 2630. The maximum Gasteiger partial charge on any atom is 0.407 e. The lowest BCUT2D eigenvalue weighted by molar-refractivity contribution is -0.136. The Hall–Kier alpha value is -6.18. The molecule has 9 rings (SSSR count). The third-order valence-electron chi connectivity index (χ3n) is 14.9. The number of hydrogen-bond acceptors (Lipinski definition) is 8. The van der Waals surface area contributed by atoms with Crippen LogP contribution in [0, 0.1) is 17.3 Å². The van der Waals surface area contributed by atoms with Crippen molar-refractivity contribution >= 4 is 34.8 Å². The molecule has 4 amide bonds. The predicted octanol–water partition coefficient (Wildman–Crippen LogP) is 9.42. The summed E-state index contributed by atoms with van der Waals surface area (Å²) in [4.78, 5) is 72.5. The van der Waals surface area contributed by atoms with Gasteiger partial charge in [0, 0.05) is 24.2 Å². The Morgan fingerprint density at radius 1 is 0.636 bits per heavy atom. The number of imidazole rings is 2. The molecule has 66 heavy (non-hydrogen) atoms. The average Bonchev–Trinajstić information content (AvgIpc) is 4.18. The van der Waals surface area contributed by atoms with Gasteiger partial charge in [-0.3, -0.25) is 9.59 Å². The largest absolute Gasteiger partial charge is 0.453 e. The summed E-state index contributed by atoms with van der Waals surface area (Å²) >= 11 is 0. The summed E-state index contributed by atoms with van der Waals surface area (Å²) in [5.41, 5.74) is 9.64. The first-order valence-corrected chi connectivity index (χ1v) is 24.0. The smallest absolute Gasteiger partial charge is 0.407 e. The number of fused-ring (bicyclic) bond motifs is 2. The lowest BCUT2D eigenvalue weighted by Crippen LogP contribution is -2.51. The fourth-order valence-electron chi connectivity index (χ4n) is 11.3. The van der Waals surface area contributed by atoms with Crippen molar-refractivity contribution in [2.45, 2.75) is 122 Å². The number of carbonyl (C=O) groups is 4. The number of methoxy groups -OCH3 is 2. The molecule has 2 aromatic heterocycles. The number of H-pyrrole nitrogens is 2. The summed E-state index contributed by atoms with van der Waals surface area (Å²) in [7, 11) is 2.61. The molecule has 0 bridgehead atoms. The lowest BCUT2D eigenvalue weighted by Gasteiger charge is -2.33. The van der Waals surface area contributed by atoms with Crippen LogP contribution in [0.3, 0.4) is 0 Å². The van der Waals surface area contributed by atoms with Crippen LogP contribution in [0.2, 0.25) is 0 Å². The Balaban J connectivity index is 0.973. The van der Waals surface area contributed by atoms with Gasteiger partial charge in [0.05, 0.1) is 50.1 Å². The molecule has 4 N–H and O–H groups in total. The first kappa shape index (κ1) is 45.0. The molecule has 1 spiro atoms. The Kier molecular flexibility index (Phi) is 12.7. The van der Waals surface area contributed by atoms with E-state index in [4.69, 9.17) is 19.4 Å². The number of aromatic amines is 2. The molecule has 4 atom stereocenters. The molecule has 2 aliphatic carbocycles. The fraction of sp³-hybridized carbons (Fsp3) is 0.500. The van der Waals surface area contributed by atoms with Crippen molar-refractivity contribution in [3.05, 3.63) is 83.7 Å². The molecule has 2 unspecified atom stereocenters. The van der Waals surface area contributed by atoms with Crippen LogP contribution in [0.25, 0.3) is 44.4 Å². The number of carbonyl (C=O) groups excluding carboxylic acids is 4. The summed E-state index contributed by atoms with van der Waals surface area (Å²) in [6.45, 7) is 8.90. The second-order valence-electron chi connectivity index (χ2n) is 19.8. The minimum absolute atomic E-state index is 0.104. The molecule has 4 aliphatic rings. The first-order chi connectivity index (χ1) is 31.9. The standard InChI is InChI=1S/C52H64N8O6/c1-30(2)44(57-50(63)65-5)48(61)59-22-10-12-42(59)46-53-28-40(55-46)35-17-15-32-24-34(16-14-33(32)25-35)36-18-19-37(39-27-52(26-38(36)39)20-8-7-9-21-52)41-29-54-47(56-41)43-13-11-23-60(43)49(62)45(31(3)4)58-51(64)66-6/h14-19,24-25,28-31,42-45H,7-13,20-23,26-27H2,1-6H3,(H,53,55)(H,54,56)(H,57,63)(H,58,64)/t42?,43?,44-,45-/m0/s1. The zero-order valence-electron chi connectivity index (χ0n) is 39.2. The number of nitrogens with one attached hydrogen (secondary N) is 4. The summed E-state index contributed by atoms with van der Waals surface area (Å²) in [6, 6.07) is 16.1. The number of amides is 4. The SMILES string of the molecule is COC(=O)N[C@H](C(=O)N1CCCC1c1ncc(-c2ccc3cc(-c4ccc(-c5cnc(C6CCCN6C(=O)[C@@H](NC(=O)OC)C(C)C)[nH]5)c5c4CC4(CCCCC4)C5)ccc3c2)[nH]1)C(C)C. The van der Waals surface area contributed by atoms with Gasteiger partial charge in [0.2, 0.25) is 11.8 Å². The van der Waals surface area contributed by atoms with E-state index in [-0.39, 0.29) is 41.1 Å². The minimum Gasteiger partial charge on any atom is -0.453 e. The molecule has 3 fully saturated rings. The van der Waals surface area contributed by atoms with E-state index in [0.29, 0.717) is 13.1 Å². The van der Waals surface area contributed by atoms with Crippen LogP contribution < -0.4 is 10.6 Å². The van der Waals surface area contributed by atoms with Crippen molar-refractivity contribution < 1.29 is 28.7 Å². The molecule has 4 heterocycles. The van der Waals surface area contributed by atoms with Crippen LogP contribution in [0.4, 0.5) is 9.59 Å². The van der Waals surface area contributed by atoms with Crippen molar-refractivity contribution in [1.82, 2.24) is 40.4 Å². The van der Waals surface area contributed by atoms with Crippen LogP contribution in [0.15, 0.2) is 60.9 Å². The highest BCUT2D eigenvalue weighted by Crippen LogP contribution is 2.52. The number of nitrogens with zero attached hydrogens (tertiary/aromatic N) is 4. The van der Waals surface area contributed by atoms with Gasteiger partial charge >= 0.3 is 12.2 Å². The van der Waals surface area contributed by atoms with E-state index in [1.165, 1.54) is 74.1 Å². The number of hydrogen-bond donors (Lipinski definition) is 4.